The van der Waals surface area contributed by atoms with Crippen LogP contribution in [0.25, 0.3) is 0 Å². The zero-order chi connectivity index (χ0) is 18.9. The number of carbonyl (C=O) groups is 3. The average molecular weight is 374 g/mol. The van der Waals surface area contributed by atoms with Crippen molar-refractivity contribution in [2.45, 2.75) is 42.5 Å². The number of ether oxygens (including phenoxy) is 1. The first kappa shape index (κ1) is 18.5. The average Bonchev–Trinajstić information content (AvgIpc) is 2.86. The van der Waals surface area contributed by atoms with Crippen LogP contribution in [0, 0.1) is 0 Å². The molecule has 0 radical (unpaired) electrons. The molecule has 0 bridgehead atoms. The van der Waals surface area contributed by atoms with Crippen molar-refractivity contribution in [3.8, 4) is 0 Å². The lowest BCUT2D eigenvalue weighted by atomic mass is 9.96. The summed E-state index contributed by atoms with van der Waals surface area (Å²) < 4.78 is 4.67. The lowest BCUT2D eigenvalue weighted by Gasteiger charge is -2.43. The Balaban J connectivity index is 1.65. The van der Waals surface area contributed by atoms with Gasteiger partial charge in [-0.25, -0.2) is 4.79 Å². The van der Waals surface area contributed by atoms with Gasteiger partial charge in [0.2, 0.25) is 11.8 Å². The van der Waals surface area contributed by atoms with Crippen LogP contribution >= 0.6 is 11.8 Å². The van der Waals surface area contributed by atoms with Crippen LogP contribution in [0.15, 0.2) is 43.0 Å². The molecule has 2 aliphatic rings. The summed E-state index contributed by atoms with van der Waals surface area (Å²) in [6.07, 6.45) is 1.71. The number of nitrogens with zero attached hydrogens (tertiary/aromatic N) is 1. The highest BCUT2D eigenvalue weighted by molar-refractivity contribution is 8.01. The van der Waals surface area contributed by atoms with Crippen LogP contribution in [0.5, 0.6) is 0 Å². The first-order chi connectivity index (χ1) is 12.3. The Morgan fingerprint density at radius 1 is 1.35 bits per heavy atom. The van der Waals surface area contributed by atoms with E-state index in [1.165, 1.54) is 22.7 Å². The second-order valence-electron chi connectivity index (χ2n) is 6.89. The molecule has 138 valence electrons. The van der Waals surface area contributed by atoms with E-state index in [1.807, 2.05) is 44.2 Å². The molecule has 1 N–H and O–H groups in total. The van der Waals surface area contributed by atoms with Gasteiger partial charge in [-0.3, -0.25) is 9.59 Å². The Morgan fingerprint density at radius 2 is 2.04 bits per heavy atom. The minimum absolute atomic E-state index is 0.111. The largest absolute Gasteiger partial charge is 0.460 e. The monoisotopic (exact) mass is 374 g/mol. The van der Waals surface area contributed by atoms with Gasteiger partial charge in [-0.05, 0) is 19.4 Å². The van der Waals surface area contributed by atoms with Crippen LogP contribution in [0.1, 0.15) is 19.4 Å². The number of fused-ring (bicyclic) bond motifs is 1. The maximum absolute atomic E-state index is 12.6. The van der Waals surface area contributed by atoms with E-state index >= 15 is 0 Å². The van der Waals surface area contributed by atoms with Gasteiger partial charge in [0.1, 0.15) is 24.1 Å². The van der Waals surface area contributed by atoms with Crippen LogP contribution in [-0.2, 0) is 25.5 Å². The number of hydrogen-bond donors (Lipinski definition) is 1. The first-order valence-electron chi connectivity index (χ1n) is 8.46. The molecular formula is C19H22N2O4S. The summed E-state index contributed by atoms with van der Waals surface area (Å²) in [5.74, 6) is -0.882. The molecule has 3 atom stereocenters. The van der Waals surface area contributed by atoms with Crippen molar-refractivity contribution >= 4 is 29.5 Å². The van der Waals surface area contributed by atoms with Crippen LogP contribution in [0.2, 0.25) is 0 Å². The fraction of sp³-hybridized carbons (Fsp3) is 0.421. The van der Waals surface area contributed by atoms with Crippen molar-refractivity contribution in [2.24, 2.45) is 0 Å². The Bertz CT molecular complexity index is 734. The highest BCUT2D eigenvalue weighted by Crippen LogP contribution is 2.51. The second kappa shape index (κ2) is 7.15. The van der Waals surface area contributed by atoms with Gasteiger partial charge < -0.3 is 15.0 Å². The molecule has 3 rings (SSSR count). The van der Waals surface area contributed by atoms with Crippen molar-refractivity contribution in [3.05, 3.63) is 48.6 Å². The van der Waals surface area contributed by atoms with E-state index in [1.54, 1.807) is 0 Å². The number of β-lactam (4-membered cyclic amide) rings is 1. The second-order valence-corrected chi connectivity index (χ2v) is 8.66. The van der Waals surface area contributed by atoms with Crippen molar-refractivity contribution < 1.29 is 19.1 Å². The molecule has 0 saturated carbocycles. The maximum atomic E-state index is 12.6. The molecule has 6 nitrogen and oxygen atoms in total. The quantitative estimate of drug-likeness (QED) is 0.464. The first-order valence-corrected chi connectivity index (χ1v) is 9.34. The standard InChI is InChI=1S/C19H22N2O4S/c1-4-10-25-18(24)15-19(2,3)26-17-14(16(23)21(15)17)20-13(22)11-12-8-6-5-7-9-12/h4-9,14-15,17H,1,10-11H2,2-3H3,(H,20,22)/t14-,15+,17?/m1/s1. The summed E-state index contributed by atoms with van der Waals surface area (Å²) in [6.45, 7) is 7.46. The molecule has 0 spiro atoms. The normalized spacial score (nSPS) is 25.8. The highest BCUT2D eigenvalue weighted by atomic mass is 32.2. The van der Waals surface area contributed by atoms with Crippen molar-refractivity contribution in [2.75, 3.05) is 6.61 Å². The van der Waals surface area contributed by atoms with Gasteiger partial charge >= 0.3 is 5.97 Å². The van der Waals surface area contributed by atoms with E-state index < -0.39 is 22.8 Å². The third-order valence-electron chi connectivity index (χ3n) is 4.53. The molecule has 2 saturated heterocycles. The number of rotatable bonds is 6. The number of carbonyl (C=O) groups excluding carboxylic acids is 3. The summed E-state index contributed by atoms with van der Waals surface area (Å²) in [7, 11) is 0. The van der Waals surface area contributed by atoms with Crippen molar-refractivity contribution in [1.29, 1.82) is 0 Å². The minimum Gasteiger partial charge on any atom is -0.460 e. The summed E-state index contributed by atoms with van der Waals surface area (Å²) in [5, 5.41) is 2.56. The molecule has 26 heavy (non-hydrogen) atoms. The van der Waals surface area contributed by atoms with E-state index in [4.69, 9.17) is 4.74 Å². The molecule has 0 aliphatic carbocycles. The lowest BCUT2D eigenvalue weighted by Crippen LogP contribution is -2.70. The molecule has 2 aliphatic heterocycles. The van der Waals surface area contributed by atoms with Crippen LogP contribution in [-0.4, -0.2) is 51.5 Å². The van der Waals surface area contributed by atoms with Gasteiger partial charge in [0.25, 0.3) is 0 Å². The fourth-order valence-electron chi connectivity index (χ4n) is 3.35. The fourth-order valence-corrected chi connectivity index (χ4v) is 4.97. The van der Waals surface area contributed by atoms with Crippen molar-refractivity contribution in [1.82, 2.24) is 10.2 Å². The Kier molecular flexibility index (Phi) is 5.09. The van der Waals surface area contributed by atoms with E-state index in [9.17, 15) is 14.4 Å². The van der Waals surface area contributed by atoms with E-state index in [0.29, 0.717) is 0 Å². The van der Waals surface area contributed by atoms with Gasteiger partial charge in [-0.1, -0.05) is 43.0 Å². The number of esters is 1. The summed E-state index contributed by atoms with van der Waals surface area (Å²) in [6, 6.07) is 8.10. The molecule has 2 amide bonds. The minimum atomic E-state index is -0.660. The molecule has 0 aromatic heterocycles. The third-order valence-corrected chi connectivity index (χ3v) is 6.10. The Labute approximate surface area is 157 Å². The van der Waals surface area contributed by atoms with Crippen LogP contribution < -0.4 is 5.32 Å². The summed E-state index contributed by atoms with van der Waals surface area (Å²) in [4.78, 5) is 38.7. The number of hydrogen-bond acceptors (Lipinski definition) is 5. The van der Waals surface area contributed by atoms with Crippen molar-refractivity contribution in [3.63, 3.8) is 0 Å². The van der Waals surface area contributed by atoms with Gasteiger partial charge in [0.15, 0.2) is 0 Å². The van der Waals surface area contributed by atoms with Gasteiger partial charge in [0, 0.05) is 4.75 Å². The molecule has 1 aromatic carbocycles. The van der Waals surface area contributed by atoms with E-state index in [2.05, 4.69) is 11.9 Å². The molecule has 1 unspecified atom stereocenters. The van der Waals surface area contributed by atoms with Gasteiger partial charge in [0.05, 0.1) is 6.42 Å². The third kappa shape index (κ3) is 3.35. The lowest BCUT2D eigenvalue weighted by molar-refractivity contribution is -0.163. The number of benzene rings is 1. The molecular weight excluding hydrogens is 352 g/mol. The SMILES string of the molecule is C=CCOC(=O)[C@@H]1N2C(=O)[C@@H](NC(=O)Cc3ccccc3)C2SC1(C)C. The zero-order valence-electron chi connectivity index (χ0n) is 14.8. The molecule has 2 fully saturated rings. The van der Waals surface area contributed by atoms with E-state index in [-0.39, 0.29) is 30.2 Å². The topological polar surface area (TPSA) is 75.7 Å². The molecule has 2 heterocycles. The Hall–Kier alpha value is -2.28. The zero-order valence-corrected chi connectivity index (χ0v) is 15.6. The molecule has 7 heteroatoms. The maximum Gasteiger partial charge on any atom is 0.330 e. The van der Waals surface area contributed by atoms with Gasteiger partial charge in [-0.2, -0.15) is 0 Å². The molecule has 1 aromatic rings. The van der Waals surface area contributed by atoms with Crippen LogP contribution in [0.3, 0.4) is 0 Å². The van der Waals surface area contributed by atoms with Crippen LogP contribution in [0.4, 0.5) is 0 Å². The predicted octanol–water partition coefficient (Wildman–Crippen LogP) is 1.51. The number of thioether (sulfide) groups is 1. The predicted molar refractivity (Wildman–Crippen MR) is 99.3 cm³/mol. The number of nitrogens with one attached hydrogen (secondary N) is 1. The van der Waals surface area contributed by atoms with E-state index in [0.717, 1.165) is 5.56 Å². The summed E-state index contributed by atoms with van der Waals surface area (Å²) >= 11 is 1.51. The summed E-state index contributed by atoms with van der Waals surface area (Å²) in [5.41, 5.74) is 0.888. The van der Waals surface area contributed by atoms with Gasteiger partial charge in [-0.15, -0.1) is 11.8 Å². The Morgan fingerprint density at radius 3 is 2.69 bits per heavy atom. The highest BCUT2D eigenvalue weighted by Gasteiger charge is 2.64. The smallest absolute Gasteiger partial charge is 0.330 e. The number of amides is 2.